The zero-order valence-corrected chi connectivity index (χ0v) is 17.4. The van der Waals surface area contributed by atoms with Gasteiger partial charge in [-0.25, -0.2) is 0 Å². The van der Waals surface area contributed by atoms with Crippen molar-refractivity contribution >= 4 is 20.4 Å². The van der Waals surface area contributed by atoms with E-state index < -0.39 is 19.8 Å². The number of benzene rings is 1. The fourth-order valence-corrected chi connectivity index (χ4v) is 2.92. The predicted molar refractivity (Wildman–Crippen MR) is 105 cm³/mol. The van der Waals surface area contributed by atoms with E-state index in [0.717, 1.165) is 5.56 Å². The highest BCUT2D eigenvalue weighted by Crippen LogP contribution is 2.27. The van der Waals surface area contributed by atoms with Crippen LogP contribution in [-0.2, 0) is 18.7 Å². The predicted octanol–water partition coefficient (Wildman–Crippen LogP) is 4.53. The lowest BCUT2D eigenvalue weighted by molar-refractivity contribution is -0.160. The van der Waals surface area contributed by atoms with E-state index in [1.54, 1.807) is 0 Å². The Labute approximate surface area is 153 Å². The van der Waals surface area contributed by atoms with Crippen molar-refractivity contribution in [3.63, 3.8) is 0 Å². The molecule has 140 valence electrons. The number of hydrogen-bond acceptors (Lipinski definition) is 4. The lowest BCUT2D eigenvalue weighted by Gasteiger charge is -2.30. The second-order valence-electron chi connectivity index (χ2n) is 7.46. The lowest BCUT2D eigenvalue weighted by atomic mass is 9.86. The molecule has 1 rings (SSSR count). The first-order valence-corrected chi connectivity index (χ1v) is 12.2. The summed E-state index contributed by atoms with van der Waals surface area (Å²) in [6.45, 7) is 13.3. The molecule has 1 aromatic carbocycles. The van der Waals surface area contributed by atoms with Gasteiger partial charge in [0.1, 0.15) is 0 Å². The highest BCUT2D eigenvalue weighted by Gasteiger charge is 2.37. The smallest absolute Gasteiger partial charge is 0.314 e. The number of carbonyl (C=O) groups is 1. The average Bonchev–Trinajstić information content (AvgIpc) is 2.54. The molecule has 0 N–H and O–H groups in total. The normalized spacial score (nSPS) is 13.8. The molecule has 0 heterocycles. The van der Waals surface area contributed by atoms with Gasteiger partial charge >= 0.3 is 5.97 Å². The minimum Gasteiger partial charge on any atom is -0.465 e. The summed E-state index contributed by atoms with van der Waals surface area (Å²) >= 11 is 0. The van der Waals surface area contributed by atoms with Crippen molar-refractivity contribution in [2.24, 2.45) is 5.41 Å². The Kier molecular flexibility index (Phi) is 8.55. The first kappa shape index (κ1) is 21.6. The van der Waals surface area contributed by atoms with E-state index in [1.807, 2.05) is 63.3 Å². The summed E-state index contributed by atoms with van der Waals surface area (Å²) < 4.78 is 17.1. The largest absolute Gasteiger partial charge is 0.465 e. The van der Waals surface area contributed by atoms with E-state index in [4.69, 9.17) is 13.9 Å². The maximum atomic E-state index is 12.3. The first-order chi connectivity index (χ1) is 11.7. The summed E-state index contributed by atoms with van der Waals surface area (Å²) in [6, 6.07) is 9.96. The van der Waals surface area contributed by atoms with Gasteiger partial charge in [0.05, 0.1) is 31.3 Å². The molecule has 5 heteroatoms. The van der Waals surface area contributed by atoms with Crippen LogP contribution in [0.1, 0.15) is 26.3 Å². The molecule has 0 aliphatic heterocycles. The molecule has 0 aromatic heterocycles. The topological polar surface area (TPSA) is 44.8 Å². The molecular formula is C20H32O4Si. The van der Waals surface area contributed by atoms with Crippen molar-refractivity contribution in [2.45, 2.75) is 46.5 Å². The van der Waals surface area contributed by atoms with Gasteiger partial charge in [0.25, 0.3) is 0 Å². The summed E-state index contributed by atoms with van der Waals surface area (Å²) in [5.74, 6) is -0.260. The van der Waals surface area contributed by atoms with Crippen LogP contribution in [0.25, 0.3) is 6.08 Å². The van der Waals surface area contributed by atoms with Gasteiger partial charge in [0.15, 0.2) is 8.32 Å². The fraction of sp³-hybridized carbons (Fsp3) is 0.550. The van der Waals surface area contributed by atoms with E-state index in [0.29, 0.717) is 19.8 Å². The lowest BCUT2D eigenvalue weighted by Crippen LogP contribution is -2.40. The summed E-state index contributed by atoms with van der Waals surface area (Å²) in [5, 5.41) is 0. The van der Waals surface area contributed by atoms with Crippen LogP contribution < -0.4 is 0 Å². The Hall–Kier alpha value is -1.43. The van der Waals surface area contributed by atoms with Gasteiger partial charge in [-0.05, 0) is 46.0 Å². The van der Waals surface area contributed by atoms with Gasteiger partial charge in [-0.1, -0.05) is 42.5 Å². The van der Waals surface area contributed by atoms with Gasteiger partial charge < -0.3 is 13.9 Å². The van der Waals surface area contributed by atoms with Crippen LogP contribution in [0.5, 0.6) is 0 Å². The molecule has 0 aliphatic rings. The molecule has 0 saturated carbocycles. The molecule has 1 atom stereocenters. The second-order valence-corrected chi connectivity index (χ2v) is 12.0. The zero-order chi connectivity index (χ0) is 18.9. The fourth-order valence-electron chi connectivity index (χ4n) is 2.22. The van der Waals surface area contributed by atoms with Crippen LogP contribution in [0.4, 0.5) is 0 Å². The quantitative estimate of drug-likeness (QED) is 0.348. The minimum absolute atomic E-state index is 0.260. The van der Waals surface area contributed by atoms with E-state index in [2.05, 4.69) is 19.6 Å². The molecule has 0 amide bonds. The zero-order valence-electron chi connectivity index (χ0n) is 16.4. The Morgan fingerprint density at radius 1 is 1.16 bits per heavy atom. The van der Waals surface area contributed by atoms with E-state index in [9.17, 15) is 4.79 Å². The number of hydrogen-bond donors (Lipinski definition) is 0. The maximum Gasteiger partial charge on any atom is 0.314 e. The molecule has 0 fully saturated rings. The van der Waals surface area contributed by atoms with Gasteiger partial charge in [0, 0.05) is 0 Å². The van der Waals surface area contributed by atoms with Gasteiger partial charge in [0.2, 0.25) is 0 Å². The molecule has 0 radical (unpaired) electrons. The highest BCUT2D eigenvalue weighted by atomic mass is 28.4. The van der Waals surface area contributed by atoms with Crippen LogP contribution in [0, 0.1) is 5.41 Å². The molecule has 0 aliphatic carbocycles. The summed E-state index contributed by atoms with van der Waals surface area (Å²) in [5.41, 5.74) is 0.287. The Morgan fingerprint density at radius 3 is 2.36 bits per heavy atom. The van der Waals surface area contributed by atoms with Crippen molar-refractivity contribution in [1.82, 2.24) is 0 Å². The number of rotatable bonds is 10. The summed E-state index contributed by atoms with van der Waals surface area (Å²) in [6.07, 6.45) is 3.52. The van der Waals surface area contributed by atoms with Crippen LogP contribution in [0.3, 0.4) is 0 Å². The maximum absolute atomic E-state index is 12.3. The SMILES string of the molecule is CCOC(=O)C(C)(C)[C@H](/C=C/c1ccccc1)OCCO[Si](C)(C)C. The Morgan fingerprint density at radius 2 is 1.80 bits per heavy atom. The third kappa shape index (κ3) is 7.99. The second kappa shape index (κ2) is 9.90. The van der Waals surface area contributed by atoms with Crippen molar-refractivity contribution in [1.29, 1.82) is 0 Å². The number of carbonyl (C=O) groups excluding carboxylic acids is 1. The number of ether oxygens (including phenoxy) is 2. The third-order valence-electron chi connectivity index (χ3n) is 3.69. The molecule has 0 bridgehead atoms. The van der Waals surface area contributed by atoms with E-state index in [-0.39, 0.29) is 5.97 Å². The molecule has 0 saturated heterocycles. The van der Waals surface area contributed by atoms with Crippen LogP contribution >= 0.6 is 0 Å². The summed E-state index contributed by atoms with van der Waals surface area (Å²) in [7, 11) is -1.57. The van der Waals surface area contributed by atoms with Crippen molar-refractivity contribution in [2.75, 3.05) is 19.8 Å². The van der Waals surface area contributed by atoms with E-state index >= 15 is 0 Å². The molecule has 0 unspecified atom stereocenters. The summed E-state index contributed by atoms with van der Waals surface area (Å²) in [4.78, 5) is 12.3. The standard InChI is InChI=1S/C20H32O4Si/c1-7-22-19(21)20(2,3)18(23-15-16-24-25(4,5)6)14-13-17-11-9-8-10-12-17/h8-14,18H,7,15-16H2,1-6H3/b14-13+/t18-/m0/s1. The number of esters is 1. The highest BCUT2D eigenvalue weighted by molar-refractivity contribution is 6.69. The van der Waals surface area contributed by atoms with Gasteiger partial charge in [-0.3, -0.25) is 4.79 Å². The monoisotopic (exact) mass is 364 g/mol. The average molecular weight is 365 g/mol. The van der Waals surface area contributed by atoms with Crippen molar-refractivity contribution < 1.29 is 18.7 Å². The van der Waals surface area contributed by atoms with Crippen LogP contribution in [0.15, 0.2) is 36.4 Å². The van der Waals surface area contributed by atoms with Crippen LogP contribution in [0.2, 0.25) is 19.6 Å². The molecular weight excluding hydrogens is 332 g/mol. The molecule has 1 aromatic rings. The van der Waals surface area contributed by atoms with Gasteiger partial charge in [-0.2, -0.15) is 0 Å². The molecule has 0 spiro atoms. The van der Waals surface area contributed by atoms with E-state index in [1.165, 1.54) is 0 Å². The Balaban J connectivity index is 2.82. The Bertz CT molecular complexity index is 547. The minimum atomic E-state index is -1.57. The van der Waals surface area contributed by atoms with Gasteiger partial charge in [-0.15, -0.1) is 0 Å². The first-order valence-electron chi connectivity index (χ1n) is 8.83. The van der Waals surface area contributed by atoms with Crippen molar-refractivity contribution in [3.8, 4) is 0 Å². The van der Waals surface area contributed by atoms with Crippen molar-refractivity contribution in [3.05, 3.63) is 42.0 Å². The van der Waals surface area contributed by atoms with Crippen LogP contribution in [-0.4, -0.2) is 40.2 Å². The molecule has 25 heavy (non-hydrogen) atoms. The molecule has 4 nitrogen and oxygen atoms in total. The third-order valence-corrected chi connectivity index (χ3v) is 4.76.